The molecule has 0 fully saturated rings. The van der Waals surface area contributed by atoms with Crippen LogP contribution in [0, 0.1) is 13.8 Å². The van der Waals surface area contributed by atoms with Crippen LogP contribution in [0.25, 0.3) is 0 Å². The Morgan fingerprint density at radius 1 is 1.27 bits per heavy atom. The molecule has 1 unspecified atom stereocenters. The highest BCUT2D eigenvalue weighted by Crippen LogP contribution is 2.25. The molecule has 6 nitrogen and oxygen atoms in total. The number of nitrogens with one attached hydrogen (secondary N) is 1. The zero-order valence-corrected chi connectivity index (χ0v) is 15.7. The quantitative estimate of drug-likeness (QED) is 0.760. The fraction of sp³-hybridized carbons (Fsp3) is 0.400. The molecule has 1 amide bonds. The Bertz CT molecular complexity index is 772. The number of aryl methyl sites for hydroxylation is 4. The average Bonchev–Trinajstić information content (AvgIpc) is 2.96. The first kappa shape index (κ1) is 19.6. The summed E-state index contributed by atoms with van der Waals surface area (Å²) in [4.78, 5) is 23.2. The number of carboxylic acid groups (broad SMARTS) is 1. The lowest BCUT2D eigenvalue weighted by Gasteiger charge is -2.16. The fourth-order valence-electron chi connectivity index (χ4n) is 2.94. The molecule has 1 atom stereocenters. The number of carbonyl (C=O) groups is 2. The SMILES string of the molecule is Cc1cc(C(=O)NC(C)CCc2cccn2C)cc(C)c1OCC(=O)O. The molecule has 0 bridgehead atoms. The normalized spacial score (nSPS) is 11.8. The van der Waals surface area contributed by atoms with Crippen LogP contribution in [0.1, 0.15) is 40.5 Å². The van der Waals surface area contributed by atoms with E-state index in [9.17, 15) is 9.59 Å². The van der Waals surface area contributed by atoms with Gasteiger partial charge < -0.3 is 19.7 Å². The lowest BCUT2D eigenvalue weighted by Crippen LogP contribution is -2.33. The topological polar surface area (TPSA) is 80.6 Å². The van der Waals surface area contributed by atoms with Crippen molar-refractivity contribution in [3.05, 3.63) is 52.8 Å². The molecule has 0 saturated carbocycles. The molecule has 0 saturated heterocycles. The van der Waals surface area contributed by atoms with Crippen molar-refractivity contribution < 1.29 is 19.4 Å². The van der Waals surface area contributed by atoms with E-state index in [1.165, 1.54) is 5.69 Å². The van der Waals surface area contributed by atoms with Crippen molar-refractivity contribution in [2.75, 3.05) is 6.61 Å². The maximum absolute atomic E-state index is 12.5. The first-order valence-electron chi connectivity index (χ1n) is 8.65. The Morgan fingerprint density at radius 2 is 1.92 bits per heavy atom. The molecule has 1 aromatic carbocycles. The van der Waals surface area contributed by atoms with Gasteiger partial charge in [0.05, 0.1) is 0 Å². The van der Waals surface area contributed by atoms with Gasteiger partial charge in [-0.25, -0.2) is 4.79 Å². The summed E-state index contributed by atoms with van der Waals surface area (Å²) in [5, 5.41) is 11.8. The van der Waals surface area contributed by atoms with Gasteiger partial charge in [-0.2, -0.15) is 0 Å². The number of carbonyl (C=O) groups excluding carboxylic acids is 1. The van der Waals surface area contributed by atoms with Gasteiger partial charge in [-0.3, -0.25) is 4.79 Å². The van der Waals surface area contributed by atoms with Gasteiger partial charge >= 0.3 is 5.97 Å². The number of amides is 1. The van der Waals surface area contributed by atoms with Gasteiger partial charge in [0.25, 0.3) is 5.91 Å². The van der Waals surface area contributed by atoms with Crippen LogP contribution >= 0.6 is 0 Å². The summed E-state index contributed by atoms with van der Waals surface area (Å²) >= 11 is 0. The Hall–Kier alpha value is -2.76. The minimum Gasteiger partial charge on any atom is -0.481 e. The maximum atomic E-state index is 12.5. The monoisotopic (exact) mass is 358 g/mol. The van der Waals surface area contributed by atoms with Gasteiger partial charge in [0, 0.05) is 30.5 Å². The minimum absolute atomic E-state index is 0.0425. The minimum atomic E-state index is -1.03. The van der Waals surface area contributed by atoms with Crippen LogP contribution in [-0.4, -0.2) is 34.2 Å². The molecule has 0 aliphatic heterocycles. The summed E-state index contributed by atoms with van der Waals surface area (Å²) in [6.07, 6.45) is 3.75. The second kappa shape index (κ2) is 8.56. The van der Waals surface area contributed by atoms with Crippen LogP contribution in [0.5, 0.6) is 5.75 Å². The Balaban J connectivity index is 1.98. The van der Waals surface area contributed by atoms with E-state index in [1.54, 1.807) is 26.0 Å². The third-order valence-corrected chi connectivity index (χ3v) is 4.32. The summed E-state index contributed by atoms with van der Waals surface area (Å²) in [6.45, 7) is 5.20. The molecule has 0 radical (unpaired) electrons. The van der Waals surface area contributed by atoms with E-state index in [-0.39, 0.29) is 11.9 Å². The zero-order valence-electron chi connectivity index (χ0n) is 15.7. The summed E-state index contributed by atoms with van der Waals surface area (Å²) < 4.78 is 7.38. The van der Waals surface area contributed by atoms with Crippen LogP contribution in [0.3, 0.4) is 0 Å². The highest BCUT2D eigenvalue weighted by atomic mass is 16.5. The Labute approximate surface area is 153 Å². The molecular weight excluding hydrogens is 332 g/mol. The van der Waals surface area contributed by atoms with Gasteiger partial charge in [-0.1, -0.05) is 0 Å². The van der Waals surface area contributed by atoms with E-state index in [1.807, 2.05) is 26.2 Å². The molecule has 2 rings (SSSR count). The van der Waals surface area contributed by atoms with Crippen molar-refractivity contribution in [2.45, 2.75) is 39.7 Å². The van der Waals surface area contributed by atoms with Crippen molar-refractivity contribution in [3.63, 3.8) is 0 Å². The predicted octanol–water partition coefficient (Wildman–Crippen LogP) is 2.86. The predicted molar refractivity (Wildman–Crippen MR) is 99.7 cm³/mol. The number of hydrogen-bond acceptors (Lipinski definition) is 3. The number of ether oxygens (including phenoxy) is 1. The second-order valence-electron chi connectivity index (χ2n) is 6.65. The van der Waals surface area contributed by atoms with Crippen molar-refractivity contribution in [2.24, 2.45) is 7.05 Å². The number of hydrogen-bond donors (Lipinski definition) is 2. The number of carboxylic acids is 1. The lowest BCUT2D eigenvalue weighted by molar-refractivity contribution is -0.139. The lowest BCUT2D eigenvalue weighted by atomic mass is 10.0. The van der Waals surface area contributed by atoms with E-state index in [2.05, 4.69) is 16.0 Å². The molecule has 2 N–H and O–H groups in total. The number of benzene rings is 1. The third-order valence-electron chi connectivity index (χ3n) is 4.32. The molecule has 1 heterocycles. The van der Waals surface area contributed by atoms with E-state index < -0.39 is 12.6 Å². The number of rotatable bonds is 8. The van der Waals surface area contributed by atoms with Gasteiger partial charge in [-0.15, -0.1) is 0 Å². The van der Waals surface area contributed by atoms with E-state index in [4.69, 9.17) is 9.84 Å². The highest BCUT2D eigenvalue weighted by molar-refractivity contribution is 5.95. The summed E-state index contributed by atoms with van der Waals surface area (Å²) in [6, 6.07) is 7.59. The summed E-state index contributed by atoms with van der Waals surface area (Å²) in [5.41, 5.74) is 3.27. The molecule has 0 aliphatic carbocycles. The zero-order chi connectivity index (χ0) is 19.3. The maximum Gasteiger partial charge on any atom is 0.341 e. The average molecular weight is 358 g/mol. The molecule has 0 aliphatic rings. The van der Waals surface area contributed by atoms with E-state index >= 15 is 0 Å². The molecule has 140 valence electrons. The van der Waals surface area contributed by atoms with E-state index in [0.29, 0.717) is 11.3 Å². The van der Waals surface area contributed by atoms with Gasteiger partial charge in [0.2, 0.25) is 0 Å². The van der Waals surface area contributed by atoms with Gasteiger partial charge in [0.1, 0.15) is 5.75 Å². The van der Waals surface area contributed by atoms with Crippen LogP contribution in [-0.2, 0) is 18.3 Å². The number of nitrogens with zero attached hydrogens (tertiary/aromatic N) is 1. The molecular formula is C20H26N2O4. The van der Waals surface area contributed by atoms with Crippen LogP contribution in [0.2, 0.25) is 0 Å². The first-order valence-corrected chi connectivity index (χ1v) is 8.65. The van der Waals surface area contributed by atoms with Crippen molar-refractivity contribution in [3.8, 4) is 5.75 Å². The molecule has 6 heteroatoms. The molecule has 1 aromatic heterocycles. The molecule has 26 heavy (non-hydrogen) atoms. The van der Waals surface area contributed by atoms with Crippen molar-refractivity contribution >= 4 is 11.9 Å². The number of aromatic nitrogens is 1. The molecule has 0 spiro atoms. The Morgan fingerprint density at radius 3 is 2.46 bits per heavy atom. The first-order chi connectivity index (χ1) is 12.3. The van der Waals surface area contributed by atoms with Gasteiger partial charge in [0.15, 0.2) is 6.61 Å². The fourth-order valence-corrected chi connectivity index (χ4v) is 2.94. The van der Waals surface area contributed by atoms with Crippen LogP contribution in [0.15, 0.2) is 30.5 Å². The second-order valence-corrected chi connectivity index (χ2v) is 6.65. The third kappa shape index (κ3) is 5.12. The number of aliphatic carboxylic acids is 1. The van der Waals surface area contributed by atoms with E-state index in [0.717, 1.165) is 24.0 Å². The van der Waals surface area contributed by atoms with Crippen molar-refractivity contribution in [1.82, 2.24) is 9.88 Å². The van der Waals surface area contributed by atoms with Gasteiger partial charge in [-0.05, 0) is 69.0 Å². The van der Waals surface area contributed by atoms with Crippen LogP contribution in [0.4, 0.5) is 0 Å². The van der Waals surface area contributed by atoms with Crippen molar-refractivity contribution in [1.29, 1.82) is 0 Å². The summed E-state index contributed by atoms with van der Waals surface area (Å²) in [5.74, 6) is -0.654. The standard InChI is InChI=1S/C20H26N2O4/c1-13-10-16(11-14(2)19(13)26-12-18(23)24)20(25)21-15(3)7-8-17-6-5-9-22(17)4/h5-6,9-11,15H,7-8,12H2,1-4H3,(H,21,25)(H,23,24). The Kier molecular flexibility index (Phi) is 6.44. The highest BCUT2D eigenvalue weighted by Gasteiger charge is 2.15. The largest absolute Gasteiger partial charge is 0.481 e. The smallest absolute Gasteiger partial charge is 0.341 e. The molecule has 2 aromatic rings. The summed E-state index contributed by atoms with van der Waals surface area (Å²) in [7, 11) is 2.01. The van der Waals surface area contributed by atoms with Crippen LogP contribution < -0.4 is 10.1 Å².